The summed E-state index contributed by atoms with van der Waals surface area (Å²) in [5.41, 5.74) is 1.16. The van der Waals surface area contributed by atoms with Gasteiger partial charge in [-0.15, -0.1) is 0 Å². The third kappa shape index (κ3) is 2.40. The molecule has 0 bridgehead atoms. The Morgan fingerprint density at radius 1 is 1.29 bits per heavy atom. The van der Waals surface area contributed by atoms with E-state index >= 15 is 0 Å². The van der Waals surface area contributed by atoms with Gasteiger partial charge in [0.15, 0.2) is 0 Å². The van der Waals surface area contributed by atoms with E-state index in [1.165, 1.54) is 12.8 Å². The molecular formula is C13H17N3O. The second kappa shape index (κ2) is 4.35. The molecule has 17 heavy (non-hydrogen) atoms. The van der Waals surface area contributed by atoms with Gasteiger partial charge in [-0.05, 0) is 37.8 Å². The van der Waals surface area contributed by atoms with Crippen LogP contribution in [0.5, 0.6) is 0 Å². The van der Waals surface area contributed by atoms with Crippen molar-refractivity contribution in [1.29, 1.82) is 0 Å². The molecule has 1 aromatic heterocycles. The van der Waals surface area contributed by atoms with Gasteiger partial charge >= 0.3 is 0 Å². The van der Waals surface area contributed by atoms with Crippen molar-refractivity contribution in [3.63, 3.8) is 0 Å². The highest BCUT2D eigenvalue weighted by Gasteiger charge is 2.29. The summed E-state index contributed by atoms with van der Waals surface area (Å²) in [7, 11) is 0. The monoisotopic (exact) mass is 231 g/mol. The minimum atomic E-state index is 0.117. The lowest BCUT2D eigenvalue weighted by molar-refractivity contribution is -0.117. The minimum absolute atomic E-state index is 0.117. The Kier molecular flexibility index (Phi) is 2.71. The Morgan fingerprint density at radius 2 is 2.06 bits per heavy atom. The molecule has 1 saturated heterocycles. The molecule has 0 unspecified atom stereocenters. The van der Waals surface area contributed by atoms with Crippen molar-refractivity contribution >= 4 is 17.4 Å². The Hall–Kier alpha value is -1.58. The quantitative estimate of drug-likeness (QED) is 0.865. The molecule has 1 aliphatic carbocycles. The molecule has 1 amide bonds. The smallest absolute Gasteiger partial charge is 0.228 e. The predicted molar refractivity (Wildman–Crippen MR) is 67.0 cm³/mol. The van der Waals surface area contributed by atoms with Crippen LogP contribution in [-0.4, -0.2) is 24.0 Å². The van der Waals surface area contributed by atoms with Crippen molar-refractivity contribution in [3.8, 4) is 0 Å². The third-order valence-corrected chi connectivity index (χ3v) is 3.42. The Labute approximate surface area is 101 Å². The first-order valence-electron chi connectivity index (χ1n) is 6.35. The van der Waals surface area contributed by atoms with Crippen LogP contribution in [0.4, 0.5) is 11.5 Å². The summed E-state index contributed by atoms with van der Waals surface area (Å²) >= 11 is 0. The number of amides is 1. The molecular weight excluding hydrogens is 214 g/mol. The zero-order valence-corrected chi connectivity index (χ0v) is 9.85. The minimum Gasteiger partial charge on any atom is -0.370 e. The lowest BCUT2D eigenvalue weighted by Crippen LogP contribution is -2.18. The molecule has 0 spiro atoms. The van der Waals surface area contributed by atoms with Gasteiger partial charge in [0.05, 0.1) is 11.9 Å². The van der Waals surface area contributed by atoms with Crippen LogP contribution in [0.15, 0.2) is 18.3 Å². The number of carbonyl (C=O) groups excluding carboxylic acids is 1. The summed E-state index contributed by atoms with van der Waals surface area (Å²) in [6.07, 6.45) is 6.43. The standard InChI is InChI=1S/C13H17N3O/c17-13(10-3-4-10)15-12-6-5-11(9-14-12)16-7-1-2-8-16/h5-6,9-10H,1-4,7-8H2,(H,14,15,17). The van der Waals surface area contributed by atoms with E-state index in [9.17, 15) is 4.79 Å². The highest BCUT2D eigenvalue weighted by Crippen LogP contribution is 2.30. The fourth-order valence-corrected chi connectivity index (χ4v) is 2.20. The van der Waals surface area contributed by atoms with Crippen molar-refractivity contribution in [2.24, 2.45) is 5.92 Å². The maximum Gasteiger partial charge on any atom is 0.228 e. The highest BCUT2D eigenvalue weighted by molar-refractivity contribution is 5.93. The number of hydrogen-bond acceptors (Lipinski definition) is 3. The second-order valence-electron chi connectivity index (χ2n) is 4.86. The number of anilines is 2. The van der Waals surface area contributed by atoms with Gasteiger partial charge in [0, 0.05) is 19.0 Å². The molecule has 1 N–H and O–H groups in total. The first-order valence-corrected chi connectivity index (χ1v) is 6.35. The molecule has 1 aliphatic heterocycles. The molecule has 4 nitrogen and oxygen atoms in total. The zero-order valence-electron chi connectivity index (χ0n) is 9.85. The number of hydrogen-bond donors (Lipinski definition) is 1. The van der Waals surface area contributed by atoms with Crippen LogP contribution in [0.25, 0.3) is 0 Å². The Bertz CT molecular complexity index is 405. The summed E-state index contributed by atoms with van der Waals surface area (Å²) < 4.78 is 0. The van der Waals surface area contributed by atoms with Crippen LogP contribution in [0, 0.1) is 5.92 Å². The molecule has 3 rings (SSSR count). The van der Waals surface area contributed by atoms with Crippen LogP contribution in [0.2, 0.25) is 0 Å². The van der Waals surface area contributed by atoms with E-state index in [1.54, 1.807) is 0 Å². The average Bonchev–Trinajstić information content (AvgIpc) is 3.07. The van der Waals surface area contributed by atoms with Crippen LogP contribution in [-0.2, 0) is 4.79 Å². The third-order valence-electron chi connectivity index (χ3n) is 3.42. The zero-order chi connectivity index (χ0) is 11.7. The molecule has 0 radical (unpaired) electrons. The van der Waals surface area contributed by atoms with Gasteiger partial charge in [-0.3, -0.25) is 4.79 Å². The second-order valence-corrected chi connectivity index (χ2v) is 4.86. The summed E-state index contributed by atoms with van der Waals surface area (Å²) in [5, 5.41) is 2.85. The summed E-state index contributed by atoms with van der Waals surface area (Å²) in [6, 6.07) is 3.94. The molecule has 1 aromatic rings. The van der Waals surface area contributed by atoms with Gasteiger partial charge in [-0.25, -0.2) is 4.98 Å². The van der Waals surface area contributed by atoms with E-state index in [1.807, 2.05) is 18.3 Å². The maximum absolute atomic E-state index is 11.6. The maximum atomic E-state index is 11.6. The number of carbonyl (C=O) groups is 1. The number of nitrogens with one attached hydrogen (secondary N) is 1. The summed E-state index contributed by atoms with van der Waals surface area (Å²) in [6.45, 7) is 2.24. The van der Waals surface area contributed by atoms with Crippen molar-refractivity contribution < 1.29 is 4.79 Å². The molecule has 90 valence electrons. The van der Waals surface area contributed by atoms with E-state index in [-0.39, 0.29) is 11.8 Å². The number of aromatic nitrogens is 1. The summed E-state index contributed by atoms with van der Waals surface area (Å²) in [4.78, 5) is 18.2. The van der Waals surface area contributed by atoms with Crippen molar-refractivity contribution in [1.82, 2.24) is 4.98 Å². The molecule has 2 heterocycles. The van der Waals surface area contributed by atoms with Crippen LogP contribution in [0.3, 0.4) is 0 Å². The van der Waals surface area contributed by atoms with E-state index in [0.717, 1.165) is 31.6 Å². The molecule has 1 saturated carbocycles. The van der Waals surface area contributed by atoms with Crippen molar-refractivity contribution in [2.75, 3.05) is 23.3 Å². The van der Waals surface area contributed by atoms with E-state index in [2.05, 4.69) is 15.2 Å². The average molecular weight is 231 g/mol. The number of nitrogens with zero attached hydrogens (tertiary/aromatic N) is 2. The lowest BCUT2D eigenvalue weighted by Gasteiger charge is -2.17. The topological polar surface area (TPSA) is 45.2 Å². The fraction of sp³-hybridized carbons (Fsp3) is 0.538. The van der Waals surface area contributed by atoms with Gasteiger partial charge in [0.2, 0.25) is 5.91 Å². The molecule has 4 heteroatoms. The molecule has 0 aromatic carbocycles. The Balaban J connectivity index is 1.64. The fourth-order valence-electron chi connectivity index (χ4n) is 2.20. The van der Waals surface area contributed by atoms with E-state index < -0.39 is 0 Å². The number of pyridine rings is 1. The SMILES string of the molecule is O=C(Nc1ccc(N2CCCC2)cn1)C1CC1. The van der Waals surface area contributed by atoms with Crippen LogP contribution in [0.1, 0.15) is 25.7 Å². The first-order chi connectivity index (χ1) is 8.33. The van der Waals surface area contributed by atoms with Gasteiger partial charge < -0.3 is 10.2 Å². The number of rotatable bonds is 3. The first kappa shape index (κ1) is 10.6. The van der Waals surface area contributed by atoms with Crippen molar-refractivity contribution in [2.45, 2.75) is 25.7 Å². The van der Waals surface area contributed by atoms with Crippen LogP contribution < -0.4 is 10.2 Å². The van der Waals surface area contributed by atoms with E-state index in [4.69, 9.17) is 0 Å². The summed E-state index contributed by atoms with van der Waals surface area (Å²) in [5.74, 6) is 1.02. The van der Waals surface area contributed by atoms with Gasteiger partial charge in [-0.1, -0.05) is 0 Å². The van der Waals surface area contributed by atoms with E-state index in [0.29, 0.717) is 5.82 Å². The normalized spacial score (nSPS) is 19.4. The predicted octanol–water partition coefficient (Wildman–Crippen LogP) is 2.03. The lowest BCUT2D eigenvalue weighted by atomic mass is 10.3. The van der Waals surface area contributed by atoms with Gasteiger partial charge in [0.25, 0.3) is 0 Å². The van der Waals surface area contributed by atoms with Crippen molar-refractivity contribution in [3.05, 3.63) is 18.3 Å². The molecule has 0 atom stereocenters. The van der Waals surface area contributed by atoms with Crippen LogP contribution >= 0.6 is 0 Å². The van der Waals surface area contributed by atoms with Gasteiger partial charge in [-0.2, -0.15) is 0 Å². The largest absolute Gasteiger partial charge is 0.370 e. The molecule has 2 aliphatic rings. The van der Waals surface area contributed by atoms with Gasteiger partial charge in [0.1, 0.15) is 5.82 Å². The Morgan fingerprint density at radius 3 is 2.65 bits per heavy atom. The highest BCUT2D eigenvalue weighted by atomic mass is 16.2. The molecule has 2 fully saturated rings.